The van der Waals surface area contributed by atoms with Crippen molar-refractivity contribution in [1.29, 1.82) is 0 Å². The maximum atomic E-state index is 13.1. The summed E-state index contributed by atoms with van der Waals surface area (Å²) in [4.78, 5) is 13.1. The van der Waals surface area contributed by atoms with Gasteiger partial charge in [-0.25, -0.2) is 0 Å². The molecule has 0 amide bonds. The lowest BCUT2D eigenvalue weighted by atomic mass is 10.1. The van der Waals surface area contributed by atoms with Crippen molar-refractivity contribution in [3.63, 3.8) is 0 Å². The first-order valence-electron chi connectivity index (χ1n) is 12.0. The third-order valence-corrected chi connectivity index (χ3v) is 6.30. The minimum absolute atomic E-state index is 0.0585. The van der Waals surface area contributed by atoms with E-state index < -0.39 is 0 Å². The molecule has 0 radical (unpaired) electrons. The highest BCUT2D eigenvalue weighted by Gasteiger charge is 2.16. The molecule has 0 aliphatic carbocycles. The normalized spacial score (nSPS) is 11.3. The largest absolute Gasteiger partial charge is 0.489 e. The van der Waals surface area contributed by atoms with E-state index in [4.69, 9.17) is 13.9 Å². The van der Waals surface area contributed by atoms with E-state index in [1.165, 1.54) is 6.07 Å². The molecule has 1 N–H and O–H groups in total. The summed E-state index contributed by atoms with van der Waals surface area (Å²) in [6, 6.07) is 26.8. The van der Waals surface area contributed by atoms with Crippen LogP contribution in [0.2, 0.25) is 0 Å². The molecule has 182 valence electrons. The molecule has 5 rings (SSSR count). The Balaban J connectivity index is 1.52. The van der Waals surface area contributed by atoms with E-state index in [1.54, 1.807) is 12.1 Å². The molecule has 0 spiro atoms. The van der Waals surface area contributed by atoms with E-state index in [2.05, 4.69) is 18.2 Å². The molecule has 0 fully saturated rings. The fourth-order valence-corrected chi connectivity index (χ4v) is 4.32. The second kappa shape index (κ2) is 10.3. The van der Waals surface area contributed by atoms with Crippen LogP contribution in [0.4, 0.5) is 0 Å². The number of benzene rings is 4. The van der Waals surface area contributed by atoms with Crippen molar-refractivity contribution in [3.05, 3.63) is 118 Å². The molecule has 4 aromatic carbocycles. The Morgan fingerprint density at radius 2 is 1.50 bits per heavy atom. The molecule has 5 aromatic rings. The van der Waals surface area contributed by atoms with Crippen molar-refractivity contribution in [3.8, 4) is 11.5 Å². The van der Waals surface area contributed by atoms with Gasteiger partial charge in [-0.15, -0.1) is 0 Å². The molecule has 5 nitrogen and oxygen atoms in total. The van der Waals surface area contributed by atoms with Gasteiger partial charge in [-0.3, -0.25) is 4.79 Å². The number of aliphatic hydroxyl groups is 1. The van der Waals surface area contributed by atoms with Crippen molar-refractivity contribution in [1.82, 2.24) is 0 Å². The van der Waals surface area contributed by atoms with E-state index in [0.717, 1.165) is 27.5 Å². The number of fused-ring (bicyclic) bond motifs is 2. The summed E-state index contributed by atoms with van der Waals surface area (Å²) in [6.07, 6.45) is 0. The number of hydrogen-bond donors (Lipinski definition) is 1. The summed E-state index contributed by atoms with van der Waals surface area (Å²) in [5, 5.41) is 12.3. The molecule has 0 atom stereocenters. The van der Waals surface area contributed by atoms with Crippen LogP contribution in [0, 0.1) is 0 Å². The van der Waals surface area contributed by atoms with Gasteiger partial charge in [-0.05, 0) is 27.5 Å². The van der Waals surface area contributed by atoms with Gasteiger partial charge in [0, 0.05) is 24.1 Å². The first-order chi connectivity index (χ1) is 17.5. The Kier molecular flexibility index (Phi) is 6.74. The van der Waals surface area contributed by atoms with Crippen LogP contribution in [0.25, 0.3) is 21.7 Å². The molecule has 1 heterocycles. The maximum absolute atomic E-state index is 13.1. The molecular formula is C31H28O5. The van der Waals surface area contributed by atoms with Crippen LogP contribution < -0.4 is 14.9 Å². The Morgan fingerprint density at radius 3 is 2.31 bits per heavy atom. The minimum Gasteiger partial charge on any atom is -0.489 e. The number of ether oxygens (including phenoxy) is 2. The summed E-state index contributed by atoms with van der Waals surface area (Å²) >= 11 is 0. The average Bonchev–Trinajstić information content (AvgIpc) is 2.90. The van der Waals surface area contributed by atoms with Gasteiger partial charge in [0.15, 0.2) is 5.43 Å². The number of rotatable bonds is 8. The van der Waals surface area contributed by atoms with Crippen molar-refractivity contribution >= 4 is 21.7 Å². The van der Waals surface area contributed by atoms with Crippen LogP contribution in [0.3, 0.4) is 0 Å². The molecule has 5 heteroatoms. The monoisotopic (exact) mass is 480 g/mol. The second-order valence-electron chi connectivity index (χ2n) is 9.10. The highest BCUT2D eigenvalue weighted by molar-refractivity contribution is 5.86. The minimum atomic E-state index is -0.161. The molecule has 0 saturated carbocycles. The molecule has 1 aromatic heterocycles. The van der Waals surface area contributed by atoms with Gasteiger partial charge < -0.3 is 19.0 Å². The lowest BCUT2D eigenvalue weighted by molar-refractivity contribution is 0.268. The van der Waals surface area contributed by atoms with Gasteiger partial charge in [0.25, 0.3) is 0 Å². The fourth-order valence-electron chi connectivity index (χ4n) is 4.32. The fraction of sp³-hybridized carbons (Fsp3) is 0.194. The standard InChI is InChI=1S/C31H28O5/c1-20(2)28-16-27(33)31-29(35-18-23-10-4-3-9-22(23)17-32)14-25(15-30(31)36-28)34-19-24-12-7-11-21-8-5-6-13-26(21)24/h3-16,20,32H,17-19H2,1-2H3. The molecule has 0 saturated heterocycles. The lowest BCUT2D eigenvalue weighted by Crippen LogP contribution is -2.08. The highest BCUT2D eigenvalue weighted by Crippen LogP contribution is 2.32. The van der Waals surface area contributed by atoms with Crippen LogP contribution in [0.15, 0.2) is 94.1 Å². The Bertz CT molecular complexity index is 1580. The lowest BCUT2D eigenvalue weighted by Gasteiger charge is -2.15. The van der Waals surface area contributed by atoms with Crippen molar-refractivity contribution < 1.29 is 19.0 Å². The molecule has 0 bridgehead atoms. The average molecular weight is 481 g/mol. The molecular weight excluding hydrogens is 452 g/mol. The highest BCUT2D eigenvalue weighted by atomic mass is 16.5. The Morgan fingerprint density at radius 1 is 0.806 bits per heavy atom. The molecule has 0 aliphatic heterocycles. The van der Waals surface area contributed by atoms with E-state index >= 15 is 0 Å². The third-order valence-electron chi connectivity index (χ3n) is 6.30. The van der Waals surface area contributed by atoms with Gasteiger partial charge in [0.05, 0.1) is 6.61 Å². The van der Waals surface area contributed by atoms with E-state index in [-0.39, 0.29) is 24.6 Å². The van der Waals surface area contributed by atoms with Gasteiger partial charge in [-0.1, -0.05) is 80.6 Å². The van der Waals surface area contributed by atoms with Crippen LogP contribution in [0.5, 0.6) is 11.5 Å². The topological polar surface area (TPSA) is 68.9 Å². The zero-order valence-corrected chi connectivity index (χ0v) is 20.4. The van der Waals surface area contributed by atoms with Gasteiger partial charge in [-0.2, -0.15) is 0 Å². The third kappa shape index (κ3) is 4.83. The van der Waals surface area contributed by atoms with Gasteiger partial charge in [0.1, 0.15) is 41.4 Å². The van der Waals surface area contributed by atoms with Crippen LogP contribution in [0.1, 0.15) is 42.2 Å². The SMILES string of the molecule is CC(C)c1cc(=O)c2c(OCc3ccccc3CO)cc(OCc3cccc4ccccc34)cc2o1. The summed E-state index contributed by atoms with van der Waals surface area (Å²) in [6.45, 7) is 4.43. The van der Waals surface area contributed by atoms with E-state index in [0.29, 0.717) is 34.8 Å². The zero-order chi connectivity index (χ0) is 25.1. The second-order valence-corrected chi connectivity index (χ2v) is 9.10. The Labute approximate surface area is 209 Å². The number of hydrogen-bond acceptors (Lipinski definition) is 5. The predicted molar refractivity (Wildman–Crippen MR) is 142 cm³/mol. The summed E-state index contributed by atoms with van der Waals surface area (Å²) in [7, 11) is 0. The van der Waals surface area contributed by atoms with Crippen LogP contribution in [-0.4, -0.2) is 5.11 Å². The van der Waals surface area contributed by atoms with Crippen LogP contribution in [-0.2, 0) is 19.8 Å². The summed E-state index contributed by atoms with van der Waals surface area (Å²) in [5.74, 6) is 1.60. The first-order valence-corrected chi connectivity index (χ1v) is 12.0. The van der Waals surface area contributed by atoms with E-state index in [1.807, 2.05) is 62.4 Å². The first kappa shape index (κ1) is 23.6. The predicted octanol–water partition coefficient (Wildman–Crippen LogP) is 6.72. The van der Waals surface area contributed by atoms with Gasteiger partial charge in [0.2, 0.25) is 0 Å². The maximum Gasteiger partial charge on any atom is 0.196 e. The summed E-state index contributed by atoms with van der Waals surface area (Å²) < 4.78 is 18.4. The van der Waals surface area contributed by atoms with E-state index in [9.17, 15) is 9.90 Å². The van der Waals surface area contributed by atoms with Crippen molar-refractivity contribution in [2.75, 3.05) is 0 Å². The van der Waals surface area contributed by atoms with Gasteiger partial charge >= 0.3 is 0 Å². The smallest absolute Gasteiger partial charge is 0.196 e. The van der Waals surface area contributed by atoms with Crippen molar-refractivity contribution in [2.24, 2.45) is 0 Å². The van der Waals surface area contributed by atoms with Crippen molar-refractivity contribution in [2.45, 2.75) is 39.6 Å². The molecule has 0 aliphatic rings. The molecule has 36 heavy (non-hydrogen) atoms. The molecule has 0 unspecified atom stereocenters. The quantitative estimate of drug-likeness (QED) is 0.267. The Hall–Kier alpha value is -4.09. The summed E-state index contributed by atoms with van der Waals surface area (Å²) in [5.41, 5.74) is 2.95. The van der Waals surface area contributed by atoms with Crippen LogP contribution >= 0.6 is 0 Å². The zero-order valence-electron chi connectivity index (χ0n) is 20.4. The number of aliphatic hydroxyl groups excluding tert-OH is 1.